The molecule has 4 heteroatoms. The Kier molecular flexibility index (Phi) is 8.79. The van der Waals surface area contributed by atoms with Gasteiger partial charge in [0.1, 0.15) is 0 Å². The highest BCUT2D eigenvalue weighted by molar-refractivity contribution is 9.10. The summed E-state index contributed by atoms with van der Waals surface area (Å²) in [7, 11) is 1.76. The molecular formula is C15H24BrNOS. The van der Waals surface area contributed by atoms with E-state index in [4.69, 9.17) is 4.74 Å². The van der Waals surface area contributed by atoms with E-state index in [9.17, 15) is 0 Å². The van der Waals surface area contributed by atoms with Gasteiger partial charge in [-0.25, -0.2) is 0 Å². The third-order valence-electron chi connectivity index (χ3n) is 2.89. The van der Waals surface area contributed by atoms with Gasteiger partial charge in [-0.2, -0.15) is 0 Å². The minimum Gasteiger partial charge on any atom is -0.385 e. The van der Waals surface area contributed by atoms with Crippen molar-refractivity contribution in [2.45, 2.75) is 37.6 Å². The molecule has 0 aromatic heterocycles. The SMILES string of the molecule is CCCNC(C)c1cc(Br)ccc1SCCCOC. The van der Waals surface area contributed by atoms with Crippen LogP contribution in [0.15, 0.2) is 27.6 Å². The van der Waals surface area contributed by atoms with Gasteiger partial charge in [0, 0.05) is 34.9 Å². The molecule has 0 amide bonds. The minimum absolute atomic E-state index is 0.391. The van der Waals surface area contributed by atoms with E-state index in [1.165, 1.54) is 10.5 Å². The first kappa shape index (κ1) is 17.0. The molecule has 1 rings (SSSR count). The molecule has 2 nitrogen and oxygen atoms in total. The molecule has 108 valence electrons. The number of ether oxygens (including phenoxy) is 1. The second-order valence-corrected chi connectivity index (χ2v) is 6.61. The summed E-state index contributed by atoms with van der Waals surface area (Å²) in [6.45, 7) is 6.32. The predicted octanol–water partition coefficient (Wildman–Crippen LogP) is 4.64. The van der Waals surface area contributed by atoms with Crippen LogP contribution in [0.3, 0.4) is 0 Å². The molecule has 0 saturated carbocycles. The van der Waals surface area contributed by atoms with Crippen LogP contribution in [-0.4, -0.2) is 26.0 Å². The topological polar surface area (TPSA) is 21.3 Å². The molecule has 0 aliphatic carbocycles. The van der Waals surface area contributed by atoms with Gasteiger partial charge in [0.15, 0.2) is 0 Å². The third-order valence-corrected chi connectivity index (χ3v) is 4.56. The summed E-state index contributed by atoms with van der Waals surface area (Å²) in [6, 6.07) is 6.95. The van der Waals surface area contributed by atoms with Gasteiger partial charge in [-0.15, -0.1) is 11.8 Å². The summed E-state index contributed by atoms with van der Waals surface area (Å²) in [6.07, 6.45) is 2.25. The van der Waals surface area contributed by atoms with Gasteiger partial charge in [-0.1, -0.05) is 22.9 Å². The third kappa shape index (κ3) is 6.30. The molecular weight excluding hydrogens is 322 g/mol. The van der Waals surface area contributed by atoms with Crippen LogP contribution in [0.2, 0.25) is 0 Å². The number of hydrogen-bond acceptors (Lipinski definition) is 3. The molecule has 19 heavy (non-hydrogen) atoms. The Labute approximate surface area is 129 Å². The number of thioether (sulfide) groups is 1. The molecule has 1 unspecified atom stereocenters. The lowest BCUT2D eigenvalue weighted by molar-refractivity contribution is 0.200. The van der Waals surface area contributed by atoms with Gasteiger partial charge in [0.05, 0.1) is 0 Å². The van der Waals surface area contributed by atoms with Crippen LogP contribution < -0.4 is 5.32 Å². The smallest absolute Gasteiger partial charge is 0.0470 e. The minimum atomic E-state index is 0.391. The lowest BCUT2D eigenvalue weighted by Crippen LogP contribution is -2.19. The van der Waals surface area contributed by atoms with E-state index in [-0.39, 0.29) is 0 Å². The molecule has 0 fully saturated rings. The summed E-state index contributed by atoms with van der Waals surface area (Å²) < 4.78 is 6.24. The van der Waals surface area contributed by atoms with Gasteiger partial charge < -0.3 is 10.1 Å². The lowest BCUT2D eigenvalue weighted by atomic mass is 10.1. The first-order valence-electron chi connectivity index (χ1n) is 6.83. The molecule has 0 radical (unpaired) electrons. The van der Waals surface area contributed by atoms with E-state index < -0.39 is 0 Å². The first-order valence-corrected chi connectivity index (χ1v) is 8.61. The summed E-state index contributed by atoms with van der Waals surface area (Å²) in [5.41, 5.74) is 1.38. The van der Waals surface area contributed by atoms with Crippen molar-refractivity contribution in [3.8, 4) is 0 Å². The van der Waals surface area contributed by atoms with Crippen molar-refractivity contribution in [1.82, 2.24) is 5.32 Å². The Bertz CT molecular complexity index is 373. The standard InChI is InChI=1S/C15H24BrNOS/c1-4-8-17-12(2)14-11-13(16)6-7-15(14)19-10-5-9-18-3/h6-7,11-12,17H,4-5,8-10H2,1-3H3. The number of hydrogen-bond donors (Lipinski definition) is 1. The molecule has 1 aromatic rings. The van der Waals surface area contributed by atoms with Crippen LogP contribution in [0.1, 0.15) is 38.3 Å². The van der Waals surface area contributed by atoms with Crippen LogP contribution in [-0.2, 0) is 4.74 Å². The zero-order valence-electron chi connectivity index (χ0n) is 12.0. The molecule has 0 aliphatic heterocycles. The van der Waals surface area contributed by atoms with Crippen LogP contribution >= 0.6 is 27.7 Å². The number of rotatable bonds is 9. The van der Waals surface area contributed by atoms with Crippen molar-refractivity contribution in [3.63, 3.8) is 0 Å². The zero-order chi connectivity index (χ0) is 14.1. The van der Waals surface area contributed by atoms with E-state index >= 15 is 0 Å². The second kappa shape index (κ2) is 9.81. The average molecular weight is 346 g/mol. The molecule has 0 spiro atoms. The molecule has 0 bridgehead atoms. The summed E-state index contributed by atoms with van der Waals surface area (Å²) in [5.74, 6) is 1.10. The second-order valence-electron chi connectivity index (χ2n) is 4.55. The van der Waals surface area contributed by atoms with E-state index in [2.05, 4.69) is 53.3 Å². The van der Waals surface area contributed by atoms with Crippen molar-refractivity contribution < 1.29 is 4.74 Å². The van der Waals surface area contributed by atoms with Crippen molar-refractivity contribution in [2.24, 2.45) is 0 Å². The molecule has 0 saturated heterocycles. The van der Waals surface area contributed by atoms with Crippen LogP contribution in [0, 0.1) is 0 Å². The Hall–Kier alpha value is -0.0300. The highest BCUT2D eigenvalue weighted by Gasteiger charge is 2.11. The van der Waals surface area contributed by atoms with Crippen LogP contribution in [0.25, 0.3) is 0 Å². The van der Waals surface area contributed by atoms with E-state index in [1.807, 2.05) is 11.8 Å². The quantitative estimate of drug-likeness (QED) is 0.520. The number of methoxy groups -OCH3 is 1. The molecule has 0 aliphatic rings. The Morgan fingerprint density at radius 1 is 1.42 bits per heavy atom. The summed E-state index contributed by atoms with van der Waals surface area (Å²) >= 11 is 5.49. The van der Waals surface area contributed by atoms with Crippen molar-refractivity contribution >= 4 is 27.7 Å². The van der Waals surface area contributed by atoms with E-state index in [0.717, 1.165) is 36.2 Å². The maximum absolute atomic E-state index is 5.10. The predicted molar refractivity (Wildman–Crippen MR) is 88.1 cm³/mol. The molecule has 1 atom stereocenters. The Morgan fingerprint density at radius 3 is 2.89 bits per heavy atom. The number of benzene rings is 1. The maximum atomic E-state index is 5.10. The summed E-state index contributed by atoms with van der Waals surface area (Å²) in [4.78, 5) is 1.37. The van der Waals surface area contributed by atoms with E-state index in [1.54, 1.807) is 7.11 Å². The largest absolute Gasteiger partial charge is 0.385 e. The Balaban J connectivity index is 2.67. The van der Waals surface area contributed by atoms with Crippen molar-refractivity contribution in [2.75, 3.05) is 26.0 Å². The van der Waals surface area contributed by atoms with Crippen molar-refractivity contribution in [1.29, 1.82) is 0 Å². The lowest BCUT2D eigenvalue weighted by Gasteiger charge is -2.18. The van der Waals surface area contributed by atoms with Crippen LogP contribution in [0.5, 0.6) is 0 Å². The first-order chi connectivity index (χ1) is 9.19. The Morgan fingerprint density at radius 2 is 2.21 bits per heavy atom. The monoisotopic (exact) mass is 345 g/mol. The highest BCUT2D eigenvalue weighted by Crippen LogP contribution is 2.30. The number of halogens is 1. The van der Waals surface area contributed by atoms with Crippen LogP contribution in [0.4, 0.5) is 0 Å². The fourth-order valence-corrected chi connectivity index (χ4v) is 3.27. The summed E-state index contributed by atoms with van der Waals surface area (Å²) in [5, 5.41) is 3.56. The fraction of sp³-hybridized carbons (Fsp3) is 0.600. The average Bonchev–Trinajstić information content (AvgIpc) is 2.42. The maximum Gasteiger partial charge on any atom is 0.0470 e. The van der Waals surface area contributed by atoms with Gasteiger partial charge in [-0.3, -0.25) is 0 Å². The molecule has 1 N–H and O–H groups in total. The van der Waals surface area contributed by atoms with E-state index in [0.29, 0.717) is 6.04 Å². The fourth-order valence-electron chi connectivity index (χ4n) is 1.85. The molecule has 0 heterocycles. The van der Waals surface area contributed by atoms with Gasteiger partial charge >= 0.3 is 0 Å². The van der Waals surface area contributed by atoms with Gasteiger partial charge in [-0.05, 0) is 50.1 Å². The zero-order valence-corrected chi connectivity index (χ0v) is 14.4. The molecule has 1 aromatic carbocycles. The van der Waals surface area contributed by atoms with Crippen molar-refractivity contribution in [3.05, 3.63) is 28.2 Å². The van der Waals surface area contributed by atoms with Gasteiger partial charge in [0.2, 0.25) is 0 Å². The van der Waals surface area contributed by atoms with Gasteiger partial charge in [0.25, 0.3) is 0 Å². The normalized spacial score (nSPS) is 12.6. The number of nitrogens with one attached hydrogen (secondary N) is 1. The highest BCUT2D eigenvalue weighted by atomic mass is 79.9.